The molecule has 0 aliphatic heterocycles. The van der Waals surface area contributed by atoms with Gasteiger partial charge in [-0.3, -0.25) is 19.0 Å². The first-order valence-corrected chi connectivity index (χ1v) is 10.2. The number of fused-ring (bicyclic) bond motifs is 3. The van der Waals surface area contributed by atoms with Crippen molar-refractivity contribution in [1.82, 2.24) is 14.9 Å². The molecule has 4 rings (SSSR count). The number of methoxy groups -OCH3 is 1. The zero-order valence-electron chi connectivity index (χ0n) is 16.5. The number of carbonyl (C=O) groups excluding carboxylic acids is 2. The molecule has 0 saturated carbocycles. The van der Waals surface area contributed by atoms with Crippen molar-refractivity contribution in [3.05, 3.63) is 75.2 Å². The Morgan fingerprint density at radius 1 is 1.19 bits per heavy atom. The number of nitrogens with one attached hydrogen (secondary N) is 1. The number of rotatable bonds is 6. The molecular formula is C22H18BrN3O5. The summed E-state index contributed by atoms with van der Waals surface area (Å²) in [4.78, 5) is 41.7. The van der Waals surface area contributed by atoms with E-state index in [2.05, 4.69) is 26.2 Å². The monoisotopic (exact) mass is 483 g/mol. The third-order valence-corrected chi connectivity index (χ3v) is 5.40. The van der Waals surface area contributed by atoms with Crippen molar-refractivity contribution in [3.8, 4) is 0 Å². The van der Waals surface area contributed by atoms with Crippen molar-refractivity contribution in [3.63, 3.8) is 0 Å². The second-order valence-corrected chi connectivity index (χ2v) is 7.82. The molecule has 8 nitrogen and oxygen atoms in total. The van der Waals surface area contributed by atoms with E-state index in [1.54, 1.807) is 24.3 Å². The molecule has 1 amide bonds. The average Bonchev–Trinajstić information content (AvgIpc) is 3.15. The third-order valence-electron chi connectivity index (χ3n) is 4.87. The number of aromatic nitrogens is 2. The summed E-state index contributed by atoms with van der Waals surface area (Å²) in [6.07, 6.45) is 1.28. The van der Waals surface area contributed by atoms with Crippen LogP contribution in [0.25, 0.3) is 22.1 Å². The van der Waals surface area contributed by atoms with Crippen LogP contribution in [0.15, 0.2) is 68.5 Å². The van der Waals surface area contributed by atoms with Crippen molar-refractivity contribution in [1.29, 1.82) is 0 Å². The lowest BCUT2D eigenvalue weighted by molar-refractivity contribution is -0.141. The van der Waals surface area contributed by atoms with Crippen LogP contribution in [-0.2, 0) is 20.9 Å². The molecule has 2 aromatic heterocycles. The van der Waals surface area contributed by atoms with Gasteiger partial charge in [-0.25, -0.2) is 4.98 Å². The van der Waals surface area contributed by atoms with E-state index in [4.69, 9.17) is 9.15 Å². The van der Waals surface area contributed by atoms with E-state index in [1.807, 2.05) is 24.3 Å². The van der Waals surface area contributed by atoms with Crippen LogP contribution < -0.4 is 10.9 Å². The lowest BCUT2D eigenvalue weighted by Crippen LogP contribution is -2.35. The number of benzene rings is 2. The fraction of sp³-hybridized carbons (Fsp3) is 0.182. The molecule has 0 aliphatic rings. The molecule has 0 spiro atoms. The van der Waals surface area contributed by atoms with E-state index in [-0.39, 0.29) is 18.5 Å². The van der Waals surface area contributed by atoms with Gasteiger partial charge in [0, 0.05) is 9.86 Å². The largest absolute Gasteiger partial charge is 0.469 e. The quantitative estimate of drug-likeness (QED) is 0.422. The molecule has 1 atom stereocenters. The van der Waals surface area contributed by atoms with E-state index >= 15 is 0 Å². The average molecular weight is 484 g/mol. The lowest BCUT2D eigenvalue weighted by Gasteiger charge is -2.18. The molecule has 0 saturated heterocycles. The maximum absolute atomic E-state index is 12.8. The zero-order valence-corrected chi connectivity index (χ0v) is 18.1. The first-order valence-electron chi connectivity index (χ1n) is 9.44. The van der Waals surface area contributed by atoms with Gasteiger partial charge in [0.15, 0.2) is 0 Å². The summed E-state index contributed by atoms with van der Waals surface area (Å²) < 4.78 is 12.4. The van der Waals surface area contributed by atoms with Gasteiger partial charge in [-0.15, -0.1) is 0 Å². The molecule has 1 N–H and O–H groups in total. The summed E-state index contributed by atoms with van der Waals surface area (Å²) in [6.45, 7) is -0.271. The lowest BCUT2D eigenvalue weighted by atomic mass is 10.0. The van der Waals surface area contributed by atoms with Gasteiger partial charge in [0.25, 0.3) is 5.56 Å². The summed E-state index contributed by atoms with van der Waals surface area (Å²) >= 11 is 3.36. The highest BCUT2D eigenvalue weighted by Crippen LogP contribution is 2.24. The minimum Gasteiger partial charge on any atom is -0.469 e. The first-order chi connectivity index (χ1) is 15.0. The number of hydrogen-bond acceptors (Lipinski definition) is 6. The molecule has 31 heavy (non-hydrogen) atoms. The minimum absolute atomic E-state index is 0.0420. The molecule has 0 radical (unpaired) electrons. The standard InChI is InChI=1S/C22H18BrN3O5/c1-30-19(28)10-16(13-6-8-14(23)9-7-13)25-18(27)11-26-12-24-20-15-4-2-3-5-17(15)31-21(20)22(26)29/h2-9,12,16H,10-11H2,1H3,(H,25,27). The number of esters is 1. The predicted octanol–water partition coefficient (Wildman–Crippen LogP) is 3.33. The summed E-state index contributed by atoms with van der Waals surface area (Å²) in [7, 11) is 1.29. The smallest absolute Gasteiger partial charge is 0.307 e. The highest BCUT2D eigenvalue weighted by atomic mass is 79.9. The maximum Gasteiger partial charge on any atom is 0.307 e. The molecule has 1 unspecified atom stereocenters. The van der Waals surface area contributed by atoms with Gasteiger partial charge in [0.1, 0.15) is 17.6 Å². The maximum atomic E-state index is 12.8. The molecule has 2 aromatic carbocycles. The Kier molecular flexibility index (Phi) is 5.85. The van der Waals surface area contributed by atoms with Crippen LogP contribution >= 0.6 is 15.9 Å². The Morgan fingerprint density at radius 3 is 2.68 bits per heavy atom. The molecular weight excluding hydrogens is 466 g/mol. The van der Waals surface area contributed by atoms with E-state index in [0.717, 1.165) is 15.4 Å². The second kappa shape index (κ2) is 8.73. The van der Waals surface area contributed by atoms with E-state index in [1.165, 1.54) is 18.0 Å². The second-order valence-electron chi connectivity index (χ2n) is 6.91. The Labute approximate surface area is 185 Å². The Morgan fingerprint density at radius 2 is 1.94 bits per heavy atom. The van der Waals surface area contributed by atoms with E-state index in [0.29, 0.717) is 11.1 Å². The Balaban J connectivity index is 1.58. The number of para-hydroxylation sites is 1. The summed E-state index contributed by atoms with van der Waals surface area (Å²) in [6, 6.07) is 13.8. The minimum atomic E-state index is -0.605. The van der Waals surface area contributed by atoms with E-state index < -0.39 is 23.5 Å². The molecule has 4 aromatic rings. The van der Waals surface area contributed by atoms with Crippen LogP contribution in [0.2, 0.25) is 0 Å². The third kappa shape index (κ3) is 4.36. The van der Waals surface area contributed by atoms with Gasteiger partial charge >= 0.3 is 5.97 Å². The number of hydrogen-bond donors (Lipinski definition) is 1. The van der Waals surface area contributed by atoms with Gasteiger partial charge in [0.2, 0.25) is 11.5 Å². The van der Waals surface area contributed by atoms with Crippen molar-refractivity contribution < 1.29 is 18.7 Å². The predicted molar refractivity (Wildman–Crippen MR) is 117 cm³/mol. The van der Waals surface area contributed by atoms with Crippen LogP contribution in [0.3, 0.4) is 0 Å². The van der Waals surface area contributed by atoms with Crippen molar-refractivity contribution in [2.75, 3.05) is 7.11 Å². The molecule has 9 heteroatoms. The molecule has 0 bridgehead atoms. The number of nitrogens with zero attached hydrogens (tertiary/aromatic N) is 2. The number of furan rings is 1. The number of amides is 1. The fourth-order valence-electron chi connectivity index (χ4n) is 3.32. The topological polar surface area (TPSA) is 103 Å². The molecule has 158 valence electrons. The van der Waals surface area contributed by atoms with Gasteiger partial charge in [0.05, 0.1) is 25.9 Å². The summed E-state index contributed by atoms with van der Waals surface area (Å²) in [5.41, 5.74) is 1.38. The normalized spacial score (nSPS) is 12.1. The SMILES string of the molecule is COC(=O)CC(NC(=O)Cn1cnc2c(oc3ccccc32)c1=O)c1ccc(Br)cc1. The van der Waals surface area contributed by atoms with Crippen molar-refractivity contribution in [2.45, 2.75) is 19.0 Å². The fourth-order valence-corrected chi connectivity index (χ4v) is 3.58. The summed E-state index contributed by atoms with van der Waals surface area (Å²) in [5.74, 6) is -0.910. The molecule has 0 aliphatic carbocycles. The van der Waals surface area contributed by atoms with Crippen LogP contribution in [0.4, 0.5) is 0 Å². The van der Waals surface area contributed by atoms with Gasteiger partial charge in [-0.1, -0.05) is 40.2 Å². The highest BCUT2D eigenvalue weighted by Gasteiger charge is 2.20. The van der Waals surface area contributed by atoms with Gasteiger partial charge in [-0.05, 0) is 29.8 Å². The molecule has 2 heterocycles. The van der Waals surface area contributed by atoms with Crippen molar-refractivity contribution >= 4 is 49.9 Å². The number of carbonyl (C=O) groups is 2. The van der Waals surface area contributed by atoms with Crippen LogP contribution in [0.5, 0.6) is 0 Å². The van der Waals surface area contributed by atoms with Crippen LogP contribution in [0.1, 0.15) is 18.0 Å². The first kappa shape index (κ1) is 20.8. The Bertz CT molecular complexity index is 1330. The van der Waals surface area contributed by atoms with Crippen LogP contribution in [0, 0.1) is 0 Å². The molecule has 0 fully saturated rings. The number of halogens is 1. The van der Waals surface area contributed by atoms with Crippen LogP contribution in [-0.4, -0.2) is 28.5 Å². The summed E-state index contributed by atoms with van der Waals surface area (Å²) in [5, 5.41) is 3.53. The highest BCUT2D eigenvalue weighted by molar-refractivity contribution is 9.10. The van der Waals surface area contributed by atoms with E-state index in [9.17, 15) is 14.4 Å². The van der Waals surface area contributed by atoms with Crippen molar-refractivity contribution in [2.24, 2.45) is 0 Å². The van der Waals surface area contributed by atoms with Gasteiger partial charge in [-0.2, -0.15) is 0 Å². The van der Waals surface area contributed by atoms with Gasteiger partial charge < -0.3 is 14.5 Å². The zero-order chi connectivity index (χ0) is 22.0. The number of ether oxygens (including phenoxy) is 1. The Hall–Kier alpha value is -3.46.